The zero-order valence-corrected chi connectivity index (χ0v) is 24.3. The van der Waals surface area contributed by atoms with Gasteiger partial charge >= 0.3 is 6.18 Å². The zero-order valence-electron chi connectivity index (χ0n) is 23.5. The number of aliphatic hydroxyl groups is 1. The van der Waals surface area contributed by atoms with Gasteiger partial charge in [0.15, 0.2) is 0 Å². The van der Waals surface area contributed by atoms with Crippen molar-refractivity contribution in [2.24, 2.45) is 5.41 Å². The Morgan fingerprint density at radius 1 is 1.10 bits per heavy atom. The first kappa shape index (κ1) is 31.5. The van der Waals surface area contributed by atoms with Gasteiger partial charge in [0, 0.05) is 52.0 Å². The Balaban J connectivity index is 1.60. The maximum atomic E-state index is 14.0. The summed E-state index contributed by atoms with van der Waals surface area (Å²) in [5.74, 6) is -1.49. The van der Waals surface area contributed by atoms with Gasteiger partial charge in [0.25, 0.3) is 17.4 Å². The number of halogens is 4. The van der Waals surface area contributed by atoms with Gasteiger partial charge in [0.05, 0.1) is 17.7 Å². The van der Waals surface area contributed by atoms with Crippen LogP contribution >= 0.6 is 11.6 Å². The number of likely N-dealkylation sites (N-methyl/N-ethyl adjacent to an activating group) is 1. The smallest absolute Gasteiger partial charge is 0.430 e. The molecule has 1 saturated heterocycles. The highest BCUT2D eigenvalue weighted by atomic mass is 35.5. The summed E-state index contributed by atoms with van der Waals surface area (Å²) in [5, 5.41) is 11.1. The summed E-state index contributed by atoms with van der Waals surface area (Å²) in [6, 6.07) is 10.2. The molecule has 3 rings (SSSR count). The highest BCUT2D eigenvalue weighted by Gasteiger charge is 2.61. The average Bonchev–Trinajstić information content (AvgIpc) is 2.91. The zero-order chi connectivity index (χ0) is 29.9. The lowest BCUT2D eigenvalue weighted by Crippen LogP contribution is -2.55. The van der Waals surface area contributed by atoms with Gasteiger partial charge in [-0.3, -0.25) is 9.59 Å². The number of benzene rings is 2. The van der Waals surface area contributed by atoms with Crippen molar-refractivity contribution in [1.82, 2.24) is 9.80 Å². The number of ether oxygens (including phenoxy) is 1. The summed E-state index contributed by atoms with van der Waals surface area (Å²) in [5.41, 5.74) is -2.95. The molecule has 1 N–H and O–H groups in total. The second-order valence-corrected chi connectivity index (χ2v) is 11.3. The molecule has 2 amide bonds. The van der Waals surface area contributed by atoms with Crippen LogP contribution in [0.4, 0.5) is 18.9 Å². The molecular weight excluding hydrogens is 547 g/mol. The van der Waals surface area contributed by atoms with Gasteiger partial charge in [0.2, 0.25) is 0 Å². The van der Waals surface area contributed by atoms with Gasteiger partial charge < -0.3 is 24.5 Å². The summed E-state index contributed by atoms with van der Waals surface area (Å²) < 4.78 is 47.1. The summed E-state index contributed by atoms with van der Waals surface area (Å²) in [6.07, 6.45) is -2.34. The van der Waals surface area contributed by atoms with Crippen molar-refractivity contribution in [3.63, 3.8) is 0 Å². The van der Waals surface area contributed by atoms with Gasteiger partial charge in [-0.15, -0.1) is 0 Å². The van der Waals surface area contributed by atoms with Gasteiger partial charge in [-0.2, -0.15) is 13.2 Å². The quantitative estimate of drug-likeness (QED) is 0.431. The number of amides is 2. The van der Waals surface area contributed by atoms with Crippen LogP contribution in [0.1, 0.15) is 48.5 Å². The third-order valence-corrected chi connectivity index (χ3v) is 8.07. The highest BCUT2D eigenvalue weighted by Crippen LogP contribution is 2.42. The van der Waals surface area contributed by atoms with Gasteiger partial charge in [-0.25, -0.2) is 0 Å². The number of hydrogen-bond acceptors (Lipinski definition) is 5. The highest BCUT2D eigenvalue weighted by molar-refractivity contribution is 6.34. The van der Waals surface area contributed by atoms with Crippen molar-refractivity contribution in [2.45, 2.75) is 44.4 Å². The van der Waals surface area contributed by atoms with E-state index in [-0.39, 0.29) is 23.6 Å². The lowest BCUT2D eigenvalue weighted by molar-refractivity contribution is -0.261. The molecule has 0 aromatic heterocycles. The van der Waals surface area contributed by atoms with E-state index in [1.165, 1.54) is 31.2 Å². The third kappa shape index (κ3) is 6.66. The number of methoxy groups -OCH3 is 1. The number of anilines is 1. The van der Waals surface area contributed by atoms with Crippen LogP contribution in [0.25, 0.3) is 0 Å². The number of piperidine rings is 1. The summed E-state index contributed by atoms with van der Waals surface area (Å²) in [6.45, 7) is 3.72. The molecule has 0 radical (unpaired) electrons. The molecule has 2 aromatic rings. The number of rotatable bonds is 9. The maximum Gasteiger partial charge on any atom is 0.430 e. The minimum absolute atomic E-state index is 0.0574. The Bertz CT molecular complexity index is 1220. The Hall–Kier alpha value is -2.98. The first-order valence-electron chi connectivity index (χ1n) is 13.1. The van der Waals surface area contributed by atoms with Gasteiger partial charge in [-0.05, 0) is 61.4 Å². The lowest BCUT2D eigenvalue weighted by atomic mass is 9.76. The van der Waals surface area contributed by atoms with E-state index in [4.69, 9.17) is 16.3 Å². The number of hydrogen-bond donors (Lipinski definition) is 1. The molecular formula is C29H37ClF3N3O4. The number of alkyl halides is 3. The van der Waals surface area contributed by atoms with E-state index in [0.29, 0.717) is 23.4 Å². The van der Waals surface area contributed by atoms with Crippen LogP contribution in [0.3, 0.4) is 0 Å². The normalized spacial score (nSPS) is 16.7. The second kappa shape index (κ2) is 12.3. The van der Waals surface area contributed by atoms with Crippen molar-refractivity contribution in [3.8, 4) is 5.75 Å². The van der Waals surface area contributed by atoms with Crippen molar-refractivity contribution < 1.29 is 32.6 Å². The van der Waals surface area contributed by atoms with Crippen molar-refractivity contribution in [2.75, 3.05) is 52.8 Å². The summed E-state index contributed by atoms with van der Waals surface area (Å²) in [7, 11) is 5.91. The van der Waals surface area contributed by atoms with Crippen molar-refractivity contribution in [1.29, 1.82) is 0 Å². The van der Waals surface area contributed by atoms with E-state index in [1.54, 1.807) is 26.2 Å². The molecule has 1 aliphatic heterocycles. The third-order valence-electron chi connectivity index (χ3n) is 7.75. The van der Waals surface area contributed by atoms with E-state index in [2.05, 4.69) is 11.8 Å². The van der Waals surface area contributed by atoms with E-state index in [0.717, 1.165) is 48.7 Å². The van der Waals surface area contributed by atoms with Crippen LogP contribution in [0.15, 0.2) is 42.5 Å². The molecule has 40 heavy (non-hydrogen) atoms. The Morgan fingerprint density at radius 2 is 1.75 bits per heavy atom. The van der Waals surface area contributed by atoms with Crippen LogP contribution in [0.5, 0.6) is 5.75 Å². The van der Waals surface area contributed by atoms with Crippen molar-refractivity contribution in [3.05, 3.63) is 58.6 Å². The Morgan fingerprint density at radius 3 is 2.30 bits per heavy atom. The molecule has 7 nitrogen and oxygen atoms in total. The van der Waals surface area contributed by atoms with Crippen LogP contribution in [-0.4, -0.2) is 80.8 Å². The van der Waals surface area contributed by atoms with Gasteiger partial charge in [0.1, 0.15) is 5.75 Å². The molecule has 0 aliphatic carbocycles. The van der Waals surface area contributed by atoms with E-state index < -0.39 is 23.2 Å². The predicted octanol–water partition coefficient (Wildman–Crippen LogP) is 5.35. The van der Waals surface area contributed by atoms with Crippen molar-refractivity contribution >= 4 is 29.1 Å². The average molecular weight is 584 g/mol. The fraction of sp³-hybridized carbons (Fsp3) is 0.517. The first-order valence-corrected chi connectivity index (χ1v) is 13.5. The van der Waals surface area contributed by atoms with E-state index in [1.807, 2.05) is 6.07 Å². The van der Waals surface area contributed by atoms with E-state index in [9.17, 15) is 27.9 Å². The molecule has 220 valence electrons. The Labute approximate surface area is 238 Å². The fourth-order valence-electron chi connectivity index (χ4n) is 5.05. The molecule has 0 unspecified atom stereocenters. The first-order chi connectivity index (χ1) is 18.6. The van der Waals surface area contributed by atoms with Crippen LogP contribution in [-0.2, 0) is 10.4 Å². The fourth-order valence-corrected chi connectivity index (χ4v) is 5.30. The Kier molecular flexibility index (Phi) is 9.67. The number of carbonyl (C=O) groups excluding carboxylic acids is 2. The maximum absolute atomic E-state index is 14.0. The molecule has 1 aliphatic rings. The molecule has 1 heterocycles. The number of carbonyl (C=O) groups is 2. The largest absolute Gasteiger partial charge is 0.497 e. The second-order valence-electron chi connectivity index (χ2n) is 10.9. The molecule has 2 aromatic carbocycles. The minimum Gasteiger partial charge on any atom is -0.497 e. The topological polar surface area (TPSA) is 73.3 Å². The summed E-state index contributed by atoms with van der Waals surface area (Å²) >= 11 is 6.38. The SMILES string of the molecule is COc1cccc([C@@](O)(C(=O)N(C)CCCC2(C)CCN(c3ccc(C(=O)N(C)C)c(Cl)c3)CC2)C(F)(F)F)c1. The molecule has 0 saturated carbocycles. The molecule has 1 fully saturated rings. The molecule has 0 spiro atoms. The standard InChI is InChI=1S/C29H37ClF3N3O4/c1-27(13-16-36(17-14-27)21-10-11-23(24(30)19-21)25(37)34(2)3)12-7-15-35(4)26(38)28(39,29(31,32)33)20-8-6-9-22(18-20)40-5/h6,8-11,18-19,39H,7,12-17H2,1-5H3/t28-/m1/s1. The van der Waals surface area contributed by atoms with Crippen LogP contribution < -0.4 is 9.64 Å². The van der Waals surface area contributed by atoms with E-state index >= 15 is 0 Å². The van der Waals surface area contributed by atoms with Crippen LogP contribution in [0, 0.1) is 5.41 Å². The lowest BCUT2D eigenvalue weighted by Gasteiger charge is -2.41. The number of nitrogens with zero attached hydrogens (tertiary/aromatic N) is 3. The van der Waals surface area contributed by atoms with Crippen LogP contribution in [0.2, 0.25) is 5.02 Å². The molecule has 1 atom stereocenters. The molecule has 0 bridgehead atoms. The van der Waals surface area contributed by atoms with Gasteiger partial charge in [-0.1, -0.05) is 30.7 Å². The monoisotopic (exact) mass is 583 g/mol. The predicted molar refractivity (Wildman–Crippen MR) is 149 cm³/mol. The molecule has 11 heteroatoms. The minimum atomic E-state index is -5.22. The summed E-state index contributed by atoms with van der Waals surface area (Å²) in [4.78, 5) is 29.9.